The van der Waals surface area contributed by atoms with Crippen LogP contribution in [0.3, 0.4) is 0 Å². The summed E-state index contributed by atoms with van der Waals surface area (Å²) in [4.78, 5) is 12.1. The Balaban J connectivity index is 1.93. The Bertz CT molecular complexity index is 593. The smallest absolute Gasteiger partial charge is 0.265 e. The lowest BCUT2D eigenvalue weighted by molar-refractivity contribution is -0.122. The molecule has 0 saturated carbocycles. The van der Waals surface area contributed by atoms with Crippen LogP contribution in [-0.2, 0) is 11.2 Å². The first-order valence-corrected chi connectivity index (χ1v) is 7.70. The highest BCUT2D eigenvalue weighted by Crippen LogP contribution is 2.18. The Hall–Kier alpha value is -1.81. The van der Waals surface area contributed by atoms with Gasteiger partial charge >= 0.3 is 0 Å². The summed E-state index contributed by atoms with van der Waals surface area (Å²) in [5.74, 6) is 0.504. The van der Waals surface area contributed by atoms with Gasteiger partial charge in [0.25, 0.3) is 5.91 Å². The molecule has 1 amide bonds. The standard InChI is InChI=1S/C17H18BrNO2/c1-3-13-4-8-15(9-5-13)19-17(20)12(2)21-16-10-6-14(18)7-11-16/h4-12H,3H2,1-2H3,(H,19,20). The summed E-state index contributed by atoms with van der Waals surface area (Å²) in [6.45, 7) is 3.83. The van der Waals surface area contributed by atoms with Crippen molar-refractivity contribution in [3.8, 4) is 5.75 Å². The minimum Gasteiger partial charge on any atom is -0.481 e. The van der Waals surface area contributed by atoms with E-state index in [-0.39, 0.29) is 5.91 Å². The second kappa shape index (κ2) is 7.27. The lowest BCUT2D eigenvalue weighted by Crippen LogP contribution is -2.30. The molecule has 1 atom stereocenters. The van der Waals surface area contributed by atoms with Crippen LogP contribution in [0.15, 0.2) is 53.0 Å². The summed E-state index contributed by atoms with van der Waals surface area (Å²) in [6.07, 6.45) is 0.425. The highest BCUT2D eigenvalue weighted by Gasteiger charge is 2.14. The first-order chi connectivity index (χ1) is 10.1. The molecule has 0 radical (unpaired) electrons. The van der Waals surface area contributed by atoms with Gasteiger partial charge in [-0.05, 0) is 55.3 Å². The number of rotatable bonds is 5. The second-order valence-electron chi connectivity index (χ2n) is 4.75. The molecule has 0 spiro atoms. The van der Waals surface area contributed by atoms with Gasteiger partial charge in [-0.3, -0.25) is 4.79 Å². The minimum absolute atomic E-state index is 0.165. The van der Waals surface area contributed by atoms with Crippen LogP contribution in [0.1, 0.15) is 19.4 Å². The molecule has 2 aromatic carbocycles. The molecular formula is C17H18BrNO2. The number of hydrogen-bond acceptors (Lipinski definition) is 2. The van der Waals surface area contributed by atoms with Crippen molar-refractivity contribution < 1.29 is 9.53 Å². The Labute approximate surface area is 133 Å². The molecule has 21 heavy (non-hydrogen) atoms. The zero-order valence-corrected chi connectivity index (χ0v) is 13.7. The van der Waals surface area contributed by atoms with E-state index in [0.29, 0.717) is 5.75 Å². The maximum atomic E-state index is 12.1. The van der Waals surface area contributed by atoms with Crippen molar-refractivity contribution in [2.75, 3.05) is 5.32 Å². The number of benzene rings is 2. The molecule has 4 heteroatoms. The molecule has 0 aliphatic carbocycles. The maximum Gasteiger partial charge on any atom is 0.265 e. The van der Waals surface area contributed by atoms with E-state index < -0.39 is 6.10 Å². The van der Waals surface area contributed by atoms with Gasteiger partial charge in [0.2, 0.25) is 0 Å². The second-order valence-corrected chi connectivity index (χ2v) is 5.67. The molecule has 1 N–H and O–H groups in total. The first-order valence-electron chi connectivity index (χ1n) is 6.90. The van der Waals surface area contributed by atoms with Crippen molar-refractivity contribution in [3.63, 3.8) is 0 Å². The summed E-state index contributed by atoms with van der Waals surface area (Å²) in [6, 6.07) is 15.2. The maximum absolute atomic E-state index is 12.1. The van der Waals surface area contributed by atoms with Crippen LogP contribution in [0.4, 0.5) is 5.69 Å². The van der Waals surface area contributed by atoms with Gasteiger partial charge in [-0.2, -0.15) is 0 Å². The molecule has 0 fully saturated rings. The molecule has 1 unspecified atom stereocenters. The molecule has 0 aliphatic rings. The third-order valence-electron chi connectivity index (χ3n) is 3.13. The van der Waals surface area contributed by atoms with Gasteiger partial charge in [0, 0.05) is 10.2 Å². The number of carbonyl (C=O) groups is 1. The zero-order valence-electron chi connectivity index (χ0n) is 12.1. The summed E-state index contributed by atoms with van der Waals surface area (Å²) in [5.41, 5.74) is 2.02. The molecule has 0 bridgehead atoms. The predicted octanol–water partition coefficient (Wildman–Crippen LogP) is 4.42. The molecule has 0 saturated heterocycles. The predicted molar refractivity (Wildman–Crippen MR) is 88.7 cm³/mol. The third-order valence-corrected chi connectivity index (χ3v) is 3.65. The van der Waals surface area contributed by atoms with E-state index in [1.165, 1.54) is 5.56 Å². The number of ether oxygens (including phenoxy) is 1. The molecule has 0 aliphatic heterocycles. The van der Waals surface area contributed by atoms with Crippen LogP contribution in [0.2, 0.25) is 0 Å². The summed E-state index contributed by atoms with van der Waals surface area (Å²) in [7, 11) is 0. The van der Waals surface area contributed by atoms with Gasteiger partial charge in [0.05, 0.1) is 0 Å². The van der Waals surface area contributed by atoms with Crippen molar-refractivity contribution in [2.45, 2.75) is 26.4 Å². The first kappa shape index (κ1) is 15.6. The molecule has 3 nitrogen and oxygen atoms in total. The van der Waals surface area contributed by atoms with Crippen molar-refractivity contribution in [2.24, 2.45) is 0 Å². The van der Waals surface area contributed by atoms with Crippen LogP contribution in [0, 0.1) is 0 Å². The zero-order chi connectivity index (χ0) is 15.2. The topological polar surface area (TPSA) is 38.3 Å². The Morgan fingerprint density at radius 1 is 1.14 bits per heavy atom. The van der Waals surface area contributed by atoms with Gasteiger partial charge in [0.15, 0.2) is 6.10 Å². The normalized spacial score (nSPS) is 11.8. The number of amides is 1. The average Bonchev–Trinajstić information content (AvgIpc) is 2.50. The summed E-state index contributed by atoms with van der Waals surface area (Å²) >= 11 is 3.36. The van der Waals surface area contributed by atoms with E-state index in [1.807, 2.05) is 48.5 Å². The van der Waals surface area contributed by atoms with Crippen LogP contribution in [-0.4, -0.2) is 12.0 Å². The monoisotopic (exact) mass is 347 g/mol. The highest BCUT2D eigenvalue weighted by atomic mass is 79.9. The summed E-state index contributed by atoms with van der Waals surface area (Å²) < 4.78 is 6.59. The van der Waals surface area contributed by atoms with Crippen molar-refractivity contribution in [1.82, 2.24) is 0 Å². The number of hydrogen-bond donors (Lipinski definition) is 1. The average molecular weight is 348 g/mol. The molecule has 110 valence electrons. The van der Waals surface area contributed by atoms with E-state index in [9.17, 15) is 4.79 Å². The number of nitrogens with one attached hydrogen (secondary N) is 1. The largest absolute Gasteiger partial charge is 0.481 e. The SMILES string of the molecule is CCc1ccc(NC(=O)C(C)Oc2ccc(Br)cc2)cc1. The molecule has 0 heterocycles. The Kier molecular flexibility index (Phi) is 5.39. The van der Waals surface area contributed by atoms with E-state index in [4.69, 9.17) is 4.74 Å². The fourth-order valence-corrected chi connectivity index (χ4v) is 2.10. The third kappa shape index (κ3) is 4.60. The molecule has 0 aromatic heterocycles. The van der Waals surface area contributed by atoms with Gasteiger partial charge in [-0.1, -0.05) is 35.0 Å². The van der Waals surface area contributed by atoms with Gasteiger partial charge < -0.3 is 10.1 Å². The number of halogens is 1. The van der Waals surface area contributed by atoms with E-state index >= 15 is 0 Å². The molecule has 2 rings (SSSR count). The highest BCUT2D eigenvalue weighted by molar-refractivity contribution is 9.10. The Morgan fingerprint density at radius 2 is 1.76 bits per heavy atom. The number of aryl methyl sites for hydroxylation is 1. The van der Waals surface area contributed by atoms with E-state index in [1.54, 1.807) is 6.92 Å². The van der Waals surface area contributed by atoms with Crippen molar-refractivity contribution in [3.05, 3.63) is 58.6 Å². The quantitative estimate of drug-likeness (QED) is 0.869. The van der Waals surface area contributed by atoms with Crippen molar-refractivity contribution in [1.29, 1.82) is 0 Å². The number of anilines is 1. The lowest BCUT2D eigenvalue weighted by Gasteiger charge is -2.15. The minimum atomic E-state index is -0.558. The van der Waals surface area contributed by atoms with Crippen LogP contribution < -0.4 is 10.1 Å². The van der Waals surface area contributed by atoms with E-state index in [2.05, 4.69) is 28.2 Å². The van der Waals surface area contributed by atoms with Crippen LogP contribution >= 0.6 is 15.9 Å². The fraction of sp³-hybridized carbons (Fsp3) is 0.235. The van der Waals surface area contributed by atoms with E-state index in [0.717, 1.165) is 16.6 Å². The number of carbonyl (C=O) groups excluding carboxylic acids is 1. The van der Waals surface area contributed by atoms with Gasteiger partial charge in [-0.15, -0.1) is 0 Å². The van der Waals surface area contributed by atoms with Crippen LogP contribution in [0.5, 0.6) is 5.75 Å². The fourth-order valence-electron chi connectivity index (χ4n) is 1.84. The lowest BCUT2D eigenvalue weighted by atomic mass is 10.1. The molecular weight excluding hydrogens is 330 g/mol. The Morgan fingerprint density at radius 3 is 2.33 bits per heavy atom. The molecule has 2 aromatic rings. The van der Waals surface area contributed by atoms with Crippen molar-refractivity contribution >= 4 is 27.5 Å². The van der Waals surface area contributed by atoms with Crippen LogP contribution in [0.25, 0.3) is 0 Å². The van der Waals surface area contributed by atoms with Gasteiger partial charge in [0.1, 0.15) is 5.75 Å². The summed E-state index contributed by atoms with van der Waals surface area (Å²) in [5, 5.41) is 2.85. The van der Waals surface area contributed by atoms with Gasteiger partial charge in [-0.25, -0.2) is 0 Å².